The third kappa shape index (κ3) is 6.18. The first-order valence-electron chi connectivity index (χ1n) is 15.9. The van der Waals surface area contributed by atoms with Crippen LogP contribution in [0.15, 0.2) is 93.5 Å². The molecule has 2 fully saturated rings. The molecule has 44 heavy (non-hydrogen) atoms. The van der Waals surface area contributed by atoms with Gasteiger partial charge >= 0.3 is 0 Å². The van der Waals surface area contributed by atoms with Crippen LogP contribution in [0.25, 0.3) is 0 Å². The highest BCUT2D eigenvalue weighted by Crippen LogP contribution is 2.71. The van der Waals surface area contributed by atoms with E-state index >= 15 is 0 Å². The summed E-state index contributed by atoms with van der Waals surface area (Å²) >= 11 is 0. The molecule has 6 nitrogen and oxygen atoms in total. The third-order valence-corrected chi connectivity index (χ3v) is 15.0. The molecule has 2 atom stereocenters. The van der Waals surface area contributed by atoms with Crippen molar-refractivity contribution < 1.29 is 26.3 Å². The minimum absolute atomic E-state index is 0.0494. The van der Waals surface area contributed by atoms with Gasteiger partial charge in [0.2, 0.25) is 0 Å². The van der Waals surface area contributed by atoms with Gasteiger partial charge in [-0.2, -0.15) is 8.42 Å². The first-order chi connectivity index (χ1) is 21.1. The molecule has 2 saturated carbocycles. The molecule has 3 aromatic carbocycles. The average Bonchev–Trinajstić information content (AvgIpc) is 3.36. The second kappa shape index (κ2) is 13.3. The first-order valence-corrected chi connectivity index (χ1v) is 19.0. The van der Waals surface area contributed by atoms with Gasteiger partial charge in [0.25, 0.3) is 10.1 Å². The van der Waals surface area contributed by atoms with Gasteiger partial charge in [-0.05, 0) is 108 Å². The number of fused-ring (bicyclic) bond motifs is 2. The van der Waals surface area contributed by atoms with Crippen molar-refractivity contribution in [1.29, 1.82) is 0 Å². The number of unbranched alkanes of at least 4 members (excludes halogenated alkanes) is 2. The molecule has 2 aliphatic rings. The van der Waals surface area contributed by atoms with E-state index in [4.69, 9.17) is 13.1 Å². The molecular weight excluding hydrogens is 593 g/mol. The molecule has 2 unspecified atom stereocenters. The summed E-state index contributed by atoms with van der Waals surface area (Å²) in [5.41, 5.74) is -1.34. The van der Waals surface area contributed by atoms with Crippen LogP contribution >= 0.6 is 10.3 Å². The number of carbonyl (C=O) groups excluding carboxylic acids is 1. The maximum Gasteiger partial charge on any atom is 0.278 e. The van der Waals surface area contributed by atoms with Crippen LogP contribution in [0.2, 0.25) is 0 Å². The van der Waals surface area contributed by atoms with Gasteiger partial charge in [-0.3, -0.25) is 4.79 Å². The Kier molecular flexibility index (Phi) is 9.83. The Labute approximate surface area is 265 Å². The van der Waals surface area contributed by atoms with E-state index in [1.165, 1.54) is 0 Å². The lowest BCUT2D eigenvalue weighted by Gasteiger charge is -2.41. The summed E-state index contributed by atoms with van der Waals surface area (Å²) < 4.78 is 47.3. The van der Waals surface area contributed by atoms with E-state index in [9.17, 15) is 13.2 Å². The number of hydrogen-bond acceptors (Lipinski definition) is 6. The molecule has 0 amide bonds. The predicted octanol–water partition coefficient (Wildman–Crippen LogP) is 8.98. The topological polar surface area (TPSA) is 78.9 Å². The average molecular weight is 639 g/mol. The van der Waals surface area contributed by atoms with Crippen LogP contribution in [-0.2, 0) is 18.5 Å². The number of ether oxygens (including phenoxy) is 2. The zero-order valence-corrected chi connectivity index (χ0v) is 28.1. The fraction of sp³-hybridized carbons (Fsp3) is 0.472. The summed E-state index contributed by atoms with van der Waals surface area (Å²) in [7, 11) is -7.02. The molecule has 0 spiro atoms. The van der Waals surface area contributed by atoms with Gasteiger partial charge in [-0.15, -0.1) is 0 Å². The van der Waals surface area contributed by atoms with Crippen molar-refractivity contribution in [2.45, 2.75) is 87.3 Å². The Bertz CT molecular complexity index is 1460. The van der Waals surface area contributed by atoms with Crippen molar-refractivity contribution in [3.05, 3.63) is 78.9 Å². The lowest BCUT2D eigenvalue weighted by Crippen LogP contribution is -2.42. The lowest BCUT2D eigenvalue weighted by atomic mass is 9.70. The smallest absolute Gasteiger partial charge is 0.278 e. The molecular formula is C36H46O6S2. The molecule has 0 saturated heterocycles. The summed E-state index contributed by atoms with van der Waals surface area (Å²) in [6, 6.07) is 24.8. The summed E-state index contributed by atoms with van der Waals surface area (Å²) in [6.07, 6.45) is 5.85. The van der Waals surface area contributed by atoms with Crippen molar-refractivity contribution in [1.82, 2.24) is 0 Å². The molecule has 0 aromatic heterocycles. The van der Waals surface area contributed by atoms with Crippen LogP contribution in [0.4, 0.5) is 0 Å². The minimum Gasteiger partial charge on any atom is -0.494 e. The van der Waals surface area contributed by atoms with E-state index in [0.29, 0.717) is 26.1 Å². The highest BCUT2D eigenvalue weighted by molar-refractivity contribution is 8.33. The quantitative estimate of drug-likeness (QED) is 0.155. The Hall–Kier alpha value is -2.81. The lowest BCUT2D eigenvalue weighted by molar-refractivity contribution is -0.128. The van der Waals surface area contributed by atoms with Gasteiger partial charge in [-0.1, -0.05) is 58.7 Å². The second-order valence-electron chi connectivity index (χ2n) is 12.7. The first kappa shape index (κ1) is 32.6. The molecule has 238 valence electrons. The molecule has 8 heteroatoms. The Morgan fingerprint density at radius 3 is 1.68 bits per heavy atom. The van der Waals surface area contributed by atoms with Crippen molar-refractivity contribution in [3.8, 4) is 11.5 Å². The van der Waals surface area contributed by atoms with Gasteiger partial charge in [0.05, 0.1) is 24.4 Å². The molecule has 2 aliphatic carbocycles. The maximum atomic E-state index is 14.4. The van der Waals surface area contributed by atoms with Gasteiger partial charge in [0.1, 0.15) is 17.3 Å². The fourth-order valence-electron chi connectivity index (χ4n) is 6.85. The summed E-state index contributed by atoms with van der Waals surface area (Å²) in [4.78, 5) is 15.6. The normalized spacial score (nSPS) is 21.4. The van der Waals surface area contributed by atoms with Crippen molar-refractivity contribution in [3.63, 3.8) is 0 Å². The summed E-state index contributed by atoms with van der Waals surface area (Å²) in [5.74, 6) is 1.38. The van der Waals surface area contributed by atoms with Crippen molar-refractivity contribution in [2.24, 2.45) is 16.7 Å². The van der Waals surface area contributed by atoms with Gasteiger partial charge in [0.15, 0.2) is 0 Å². The number of benzene rings is 3. The zero-order valence-electron chi connectivity index (χ0n) is 26.4. The number of rotatable bonds is 15. The van der Waals surface area contributed by atoms with E-state index in [1.54, 1.807) is 0 Å². The third-order valence-electron chi connectivity index (χ3n) is 9.69. The molecule has 0 N–H and O–H groups in total. The van der Waals surface area contributed by atoms with E-state index < -0.39 is 31.3 Å². The largest absolute Gasteiger partial charge is 0.494 e. The number of hydrogen-bond donors (Lipinski definition) is 0. The zero-order chi connectivity index (χ0) is 31.4. The maximum absolute atomic E-state index is 14.4. The SMILES string of the molecule is CCCCOc1ccc(S(OS(=O)(=O)CC23CCC(CC2=O)C3(C)C)(c2ccccc2)c2ccc(OCCCC)cc2)cc1. The summed E-state index contributed by atoms with van der Waals surface area (Å²) in [5, 5.41) is 0. The van der Waals surface area contributed by atoms with Gasteiger partial charge in [-0.25, -0.2) is 3.63 Å². The van der Waals surface area contributed by atoms with E-state index in [0.717, 1.165) is 58.3 Å². The number of Topliss-reactive ketones (excluding diaryl/α,β-unsaturated/α-hetero) is 1. The van der Waals surface area contributed by atoms with Crippen LogP contribution in [0.1, 0.15) is 72.6 Å². The molecule has 2 bridgehead atoms. The minimum atomic E-state index is -4.22. The van der Waals surface area contributed by atoms with E-state index in [-0.39, 0.29) is 17.5 Å². The molecule has 0 aliphatic heterocycles. The van der Waals surface area contributed by atoms with Crippen LogP contribution in [-0.4, -0.2) is 33.2 Å². The second-order valence-corrected chi connectivity index (χ2v) is 17.1. The van der Waals surface area contributed by atoms with Crippen LogP contribution < -0.4 is 9.47 Å². The van der Waals surface area contributed by atoms with E-state index in [2.05, 4.69) is 27.7 Å². The molecule has 5 rings (SSSR count). The molecule has 3 aromatic rings. The highest BCUT2D eigenvalue weighted by atomic mass is 32.3. The highest BCUT2D eigenvalue weighted by Gasteiger charge is 2.65. The fourth-order valence-corrected chi connectivity index (χ4v) is 12.9. The van der Waals surface area contributed by atoms with Gasteiger partial charge < -0.3 is 9.47 Å². The van der Waals surface area contributed by atoms with Crippen LogP contribution in [0, 0.1) is 16.7 Å². The van der Waals surface area contributed by atoms with Crippen LogP contribution in [0.3, 0.4) is 0 Å². The van der Waals surface area contributed by atoms with Crippen LogP contribution in [0.5, 0.6) is 11.5 Å². The predicted molar refractivity (Wildman–Crippen MR) is 176 cm³/mol. The standard InChI is InChI=1S/C36H46O6S2/c1-5-7-24-40-29-14-18-32(19-15-29)44(31-12-10-9-11-13-31,33-20-16-30(17-21-33)41-25-8-6-2)42-43(38,39)27-36-23-22-28(26-34(36)37)35(36,3)4/h9-21,28H,5-8,22-27H2,1-4H3. The number of carbonyl (C=O) groups is 1. The monoisotopic (exact) mass is 638 g/mol. The van der Waals surface area contributed by atoms with Crippen molar-refractivity contribution in [2.75, 3.05) is 19.0 Å². The Morgan fingerprint density at radius 1 is 0.750 bits per heavy atom. The summed E-state index contributed by atoms with van der Waals surface area (Å²) in [6.45, 7) is 9.57. The van der Waals surface area contributed by atoms with Gasteiger partial charge in [0, 0.05) is 21.1 Å². The Balaban J connectivity index is 1.61. The Morgan fingerprint density at radius 2 is 1.25 bits per heavy atom. The number of ketones is 1. The van der Waals surface area contributed by atoms with E-state index in [1.807, 2.05) is 78.9 Å². The molecule has 0 heterocycles. The van der Waals surface area contributed by atoms with Crippen molar-refractivity contribution >= 4 is 26.2 Å². The molecule has 0 radical (unpaired) electrons.